The molecule has 0 fully saturated rings. The quantitative estimate of drug-likeness (QED) is 0.579. The van der Waals surface area contributed by atoms with Gasteiger partial charge in [0.25, 0.3) is 0 Å². The molecule has 1 N–H and O–H groups in total. The Hall–Kier alpha value is -2.66. The molecule has 5 rings (SSSR count). The number of anilines is 1. The Morgan fingerprint density at radius 3 is 2.57 bits per heavy atom. The number of fused-ring (bicyclic) bond motifs is 1. The monoisotopic (exact) mass is 433 g/mol. The van der Waals surface area contributed by atoms with E-state index in [-0.39, 0.29) is 11.7 Å². The van der Waals surface area contributed by atoms with Crippen LogP contribution in [0.1, 0.15) is 42.0 Å². The minimum atomic E-state index is -0.0791. The number of nitrogens with zero attached hydrogens (tertiary/aromatic N) is 2. The molecule has 1 aliphatic heterocycles. The van der Waals surface area contributed by atoms with Crippen molar-refractivity contribution in [2.75, 3.05) is 5.32 Å². The van der Waals surface area contributed by atoms with Crippen LogP contribution in [0.5, 0.6) is 0 Å². The highest BCUT2D eigenvalue weighted by Crippen LogP contribution is 2.47. The predicted octanol–water partition coefficient (Wildman–Crippen LogP) is 5.51. The van der Waals surface area contributed by atoms with Crippen molar-refractivity contribution in [2.45, 2.75) is 32.1 Å². The van der Waals surface area contributed by atoms with Gasteiger partial charge < -0.3 is 5.32 Å². The highest BCUT2D eigenvalue weighted by Gasteiger charge is 2.38. The summed E-state index contributed by atoms with van der Waals surface area (Å²) in [6.07, 6.45) is 2.41. The maximum Gasteiger partial charge on any atom is 0.161 e. The Morgan fingerprint density at radius 1 is 1.07 bits per heavy atom. The van der Waals surface area contributed by atoms with Gasteiger partial charge in [0, 0.05) is 33.6 Å². The molecule has 0 saturated heterocycles. The third kappa shape index (κ3) is 2.73. The molecule has 5 heteroatoms. The molecule has 2 aromatic carbocycles. The minimum Gasteiger partial charge on any atom is -0.343 e. The van der Waals surface area contributed by atoms with Gasteiger partial charge in [0.15, 0.2) is 5.78 Å². The van der Waals surface area contributed by atoms with Gasteiger partial charge in [0.2, 0.25) is 0 Å². The standard InChI is InChI=1S/C23H20BrN3O/c1-14-20-21(15-10-12-16(24)13-11-15)22-18(8-5-9-19(22)28)25-23(20)27(26-14)17-6-3-2-4-7-17/h2-4,6-7,10-13,21,25H,5,8-9H2,1H3. The first-order chi connectivity index (χ1) is 13.6. The number of ketones is 1. The van der Waals surface area contributed by atoms with Crippen molar-refractivity contribution in [3.05, 3.63) is 87.2 Å². The lowest BCUT2D eigenvalue weighted by Crippen LogP contribution is -2.27. The van der Waals surface area contributed by atoms with E-state index in [2.05, 4.69) is 45.5 Å². The minimum absolute atomic E-state index is 0.0791. The summed E-state index contributed by atoms with van der Waals surface area (Å²) < 4.78 is 3.01. The van der Waals surface area contributed by atoms with E-state index in [9.17, 15) is 4.79 Å². The van der Waals surface area contributed by atoms with Crippen LogP contribution in [0.15, 0.2) is 70.3 Å². The van der Waals surface area contributed by atoms with E-state index in [1.54, 1.807) is 0 Å². The van der Waals surface area contributed by atoms with Gasteiger partial charge >= 0.3 is 0 Å². The second kappa shape index (κ2) is 6.74. The summed E-state index contributed by atoms with van der Waals surface area (Å²) >= 11 is 3.52. The fourth-order valence-electron chi connectivity index (χ4n) is 4.37. The highest BCUT2D eigenvalue weighted by atomic mass is 79.9. The van der Waals surface area contributed by atoms with Crippen LogP contribution in [-0.4, -0.2) is 15.6 Å². The first-order valence-corrected chi connectivity index (χ1v) is 10.4. The second-order valence-electron chi connectivity index (χ2n) is 7.37. The molecule has 1 aromatic heterocycles. The summed E-state index contributed by atoms with van der Waals surface area (Å²) in [5, 5.41) is 8.42. The molecule has 2 aliphatic rings. The lowest BCUT2D eigenvalue weighted by atomic mass is 9.76. The maximum absolute atomic E-state index is 12.9. The zero-order chi connectivity index (χ0) is 19.3. The Bertz CT molecular complexity index is 1100. The topological polar surface area (TPSA) is 46.9 Å². The van der Waals surface area contributed by atoms with Crippen LogP contribution in [0.4, 0.5) is 5.82 Å². The summed E-state index contributed by atoms with van der Waals surface area (Å²) in [7, 11) is 0. The fraction of sp³-hybridized carbons (Fsp3) is 0.217. The van der Waals surface area contributed by atoms with Crippen LogP contribution in [0.2, 0.25) is 0 Å². The molecule has 0 saturated carbocycles. The number of rotatable bonds is 2. The van der Waals surface area contributed by atoms with Crippen molar-refractivity contribution in [3.8, 4) is 5.69 Å². The van der Waals surface area contributed by atoms with Gasteiger partial charge in [-0.25, -0.2) is 4.68 Å². The Labute approximate surface area is 172 Å². The van der Waals surface area contributed by atoms with Crippen molar-refractivity contribution in [3.63, 3.8) is 0 Å². The number of nitrogens with one attached hydrogen (secondary N) is 1. The third-order valence-electron chi connectivity index (χ3n) is 5.61. The number of hydrogen-bond donors (Lipinski definition) is 1. The molecule has 0 radical (unpaired) electrons. The maximum atomic E-state index is 12.9. The molecule has 140 valence electrons. The molecule has 0 amide bonds. The molecule has 0 spiro atoms. The average molecular weight is 434 g/mol. The smallest absolute Gasteiger partial charge is 0.161 e. The highest BCUT2D eigenvalue weighted by molar-refractivity contribution is 9.10. The zero-order valence-electron chi connectivity index (χ0n) is 15.6. The van der Waals surface area contributed by atoms with Gasteiger partial charge in [-0.3, -0.25) is 4.79 Å². The SMILES string of the molecule is Cc1nn(-c2ccccc2)c2c1C(c1ccc(Br)cc1)C1=C(CCCC1=O)N2. The number of Topliss-reactive ketones (excluding diaryl/α,β-unsaturated/α-hetero) is 1. The summed E-state index contributed by atoms with van der Waals surface area (Å²) in [6.45, 7) is 2.03. The van der Waals surface area contributed by atoms with Crippen molar-refractivity contribution in [2.24, 2.45) is 0 Å². The molecule has 1 aliphatic carbocycles. The number of para-hydroxylation sites is 1. The fourth-order valence-corrected chi connectivity index (χ4v) is 4.63. The number of benzene rings is 2. The molecular weight excluding hydrogens is 414 g/mol. The van der Waals surface area contributed by atoms with Crippen LogP contribution < -0.4 is 5.32 Å². The third-order valence-corrected chi connectivity index (χ3v) is 6.14. The molecule has 3 aromatic rings. The van der Waals surface area contributed by atoms with Crippen molar-refractivity contribution in [1.82, 2.24) is 9.78 Å². The van der Waals surface area contributed by atoms with E-state index in [1.165, 1.54) is 0 Å². The van der Waals surface area contributed by atoms with E-state index >= 15 is 0 Å². The number of halogens is 1. The molecule has 2 heterocycles. The van der Waals surface area contributed by atoms with Crippen LogP contribution in [0.3, 0.4) is 0 Å². The number of hydrogen-bond acceptors (Lipinski definition) is 3. The van der Waals surface area contributed by atoms with Gasteiger partial charge in [0.05, 0.1) is 11.4 Å². The first kappa shape index (κ1) is 17.4. The van der Waals surface area contributed by atoms with E-state index in [0.717, 1.165) is 56.9 Å². The van der Waals surface area contributed by atoms with E-state index in [0.29, 0.717) is 6.42 Å². The Morgan fingerprint density at radius 2 is 1.82 bits per heavy atom. The molecule has 28 heavy (non-hydrogen) atoms. The molecule has 0 bridgehead atoms. The molecule has 1 atom stereocenters. The number of allylic oxidation sites excluding steroid dienone is 2. The van der Waals surface area contributed by atoms with Crippen molar-refractivity contribution < 1.29 is 4.79 Å². The second-order valence-corrected chi connectivity index (χ2v) is 8.29. The zero-order valence-corrected chi connectivity index (χ0v) is 17.2. The van der Waals surface area contributed by atoms with Gasteiger partial charge in [0.1, 0.15) is 5.82 Å². The van der Waals surface area contributed by atoms with Crippen LogP contribution in [0, 0.1) is 6.92 Å². The summed E-state index contributed by atoms with van der Waals surface area (Å²) in [4.78, 5) is 12.9. The average Bonchev–Trinajstić information content (AvgIpc) is 3.04. The predicted molar refractivity (Wildman–Crippen MR) is 114 cm³/mol. The summed E-state index contributed by atoms with van der Waals surface area (Å²) in [5.41, 5.74) is 6.15. The number of aryl methyl sites for hydroxylation is 1. The van der Waals surface area contributed by atoms with Gasteiger partial charge in [-0.1, -0.05) is 46.3 Å². The molecular formula is C23H20BrN3O. The largest absolute Gasteiger partial charge is 0.343 e. The lowest BCUT2D eigenvalue weighted by molar-refractivity contribution is -0.116. The van der Waals surface area contributed by atoms with E-state index in [1.807, 2.05) is 41.9 Å². The first-order valence-electron chi connectivity index (χ1n) is 9.57. The van der Waals surface area contributed by atoms with E-state index < -0.39 is 0 Å². The van der Waals surface area contributed by atoms with Crippen molar-refractivity contribution >= 4 is 27.5 Å². The number of carbonyl (C=O) groups is 1. The Kier molecular flexibility index (Phi) is 4.20. The number of carbonyl (C=O) groups excluding carboxylic acids is 1. The normalized spacial score (nSPS) is 18.5. The molecule has 1 unspecified atom stereocenters. The van der Waals surface area contributed by atoms with Gasteiger partial charge in [-0.15, -0.1) is 0 Å². The van der Waals surface area contributed by atoms with Crippen LogP contribution in [0.25, 0.3) is 5.69 Å². The van der Waals surface area contributed by atoms with Crippen molar-refractivity contribution in [1.29, 1.82) is 0 Å². The van der Waals surface area contributed by atoms with Crippen LogP contribution >= 0.6 is 15.9 Å². The lowest BCUT2D eigenvalue weighted by Gasteiger charge is -2.33. The van der Waals surface area contributed by atoms with E-state index in [4.69, 9.17) is 5.10 Å². The van der Waals surface area contributed by atoms with Gasteiger partial charge in [-0.2, -0.15) is 5.10 Å². The van der Waals surface area contributed by atoms with Gasteiger partial charge in [-0.05, 0) is 49.6 Å². The summed E-state index contributed by atoms with van der Waals surface area (Å²) in [5.74, 6) is 1.15. The summed E-state index contributed by atoms with van der Waals surface area (Å²) in [6, 6.07) is 18.4. The number of aromatic nitrogens is 2. The molecule has 4 nitrogen and oxygen atoms in total. The Balaban J connectivity index is 1.75. The van der Waals surface area contributed by atoms with Crippen LogP contribution in [-0.2, 0) is 4.79 Å².